The van der Waals surface area contributed by atoms with Crippen LogP contribution in [0, 0.1) is 13.8 Å². The van der Waals surface area contributed by atoms with Gasteiger partial charge in [-0.3, -0.25) is 14.5 Å². The van der Waals surface area contributed by atoms with Crippen molar-refractivity contribution in [3.8, 4) is 11.5 Å². The minimum absolute atomic E-state index is 0.219. The van der Waals surface area contributed by atoms with Crippen molar-refractivity contribution in [1.29, 1.82) is 0 Å². The minimum atomic E-state index is -0.324. The van der Waals surface area contributed by atoms with Gasteiger partial charge >= 0.3 is 0 Å². The van der Waals surface area contributed by atoms with Gasteiger partial charge < -0.3 is 19.2 Å². The van der Waals surface area contributed by atoms with Crippen LogP contribution >= 0.6 is 35.6 Å². The van der Waals surface area contributed by atoms with Crippen LogP contribution in [-0.2, 0) is 16.1 Å². The maximum atomic E-state index is 13.0. The average Bonchev–Trinajstić information content (AvgIpc) is 3.45. The van der Waals surface area contributed by atoms with Gasteiger partial charge in [0.15, 0.2) is 18.1 Å². The SMILES string of the molecule is CCOc1cc(/C=C2\SC(=S)N(Cc3ccco3)C2=O)cc(Cl)c1OCC(=O)Nc1ccc(C)cc1C. The lowest BCUT2D eigenvalue weighted by atomic mass is 10.1. The largest absolute Gasteiger partial charge is 0.490 e. The van der Waals surface area contributed by atoms with E-state index in [4.69, 9.17) is 37.7 Å². The summed E-state index contributed by atoms with van der Waals surface area (Å²) in [7, 11) is 0. The van der Waals surface area contributed by atoms with E-state index in [9.17, 15) is 9.59 Å². The highest BCUT2D eigenvalue weighted by atomic mass is 35.5. The summed E-state index contributed by atoms with van der Waals surface area (Å²) >= 11 is 13.1. The number of furan rings is 1. The van der Waals surface area contributed by atoms with E-state index in [-0.39, 0.29) is 35.7 Å². The molecule has 0 atom stereocenters. The summed E-state index contributed by atoms with van der Waals surface area (Å²) < 4.78 is 17.3. The summed E-state index contributed by atoms with van der Waals surface area (Å²) in [5, 5.41) is 3.10. The van der Waals surface area contributed by atoms with E-state index >= 15 is 0 Å². The number of rotatable bonds is 9. The highest BCUT2D eigenvalue weighted by Crippen LogP contribution is 2.39. The molecule has 0 saturated carbocycles. The van der Waals surface area contributed by atoms with Crippen LogP contribution in [0.4, 0.5) is 5.69 Å². The third-order valence-electron chi connectivity index (χ3n) is 5.40. The number of hydrogen-bond donors (Lipinski definition) is 1. The quantitative estimate of drug-likeness (QED) is 0.242. The van der Waals surface area contributed by atoms with Crippen LogP contribution in [0.15, 0.2) is 58.1 Å². The first-order chi connectivity index (χ1) is 17.7. The molecule has 0 aliphatic carbocycles. The predicted octanol–water partition coefficient (Wildman–Crippen LogP) is 6.37. The fraction of sp³-hybridized carbons (Fsp3) is 0.222. The second kappa shape index (κ2) is 11.9. The first-order valence-electron chi connectivity index (χ1n) is 11.5. The zero-order valence-corrected chi connectivity index (χ0v) is 22.9. The molecular formula is C27H25ClN2O5S2. The molecule has 0 unspecified atom stereocenters. The molecule has 1 aromatic heterocycles. The van der Waals surface area contributed by atoms with Crippen molar-refractivity contribution in [2.24, 2.45) is 0 Å². The van der Waals surface area contributed by atoms with E-state index in [2.05, 4.69) is 5.32 Å². The molecule has 2 amide bonds. The van der Waals surface area contributed by atoms with Crippen molar-refractivity contribution in [2.75, 3.05) is 18.5 Å². The summed E-state index contributed by atoms with van der Waals surface area (Å²) in [6, 6.07) is 12.7. The van der Waals surface area contributed by atoms with Crippen LogP contribution in [0.3, 0.4) is 0 Å². The van der Waals surface area contributed by atoms with Crippen LogP contribution in [0.2, 0.25) is 5.02 Å². The van der Waals surface area contributed by atoms with Crippen molar-refractivity contribution in [1.82, 2.24) is 4.90 Å². The Hall–Kier alpha value is -3.27. The molecule has 1 aliphatic heterocycles. The van der Waals surface area contributed by atoms with Gasteiger partial charge in [0.05, 0.1) is 29.3 Å². The molecule has 7 nitrogen and oxygen atoms in total. The van der Waals surface area contributed by atoms with Gasteiger partial charge in [-0.05, 0) is 68.3 Å². The van der Waals surface area contributed by atoms with Crippen molar-refractivity contribution >= 4 is 63.5 Å². The number of benzene rings is 2. The van der Waals surface area contributed by atoms with Crippen molar-refractivity contribution < 1.29 is 23.5 Å². The Bertz CT molecular complexity index is 1370. The third kappa shape index (κ3) is 6.54. The Morgan fingerprint density at radius 3 is 2.73 bits per heavy atom. The average molecular weight is 557 g/mol. The summed E-state index contributed by atoms with van der Waals surface area (Å²) in [5.41, 5.74) is 3.43. The Morgan fingerprint density at radius 1 is 1.22 bits per heavy atom. The van der Waals surface area contributed by atoms with Gasteiger partial charge in [-0.15, -0.1) is 0 Å². The molecule has 0 bridgehead atoms. The van der Waals surface area contributed by atoms with E-state index < -0.39 is 0 Å². The highest BCUT2D eigenvalue weighted by molar-refractivity contribution is 8.26. The number of nitrogens with zero attached hydrogens (tertiary/aromatic N) is 1. The normalized spacial score (nSPS) is 14.4. The number of nitrogens with one attached hydrogen (secondary N) is 1. The maximum absolute atomic E-state index is 13.0. The number of thiocarbonyl (C=S) groups is 1. The Balaban J connectivity index is 1.49. The van der Waals surface area contributed by atoms with Gasteiger partial charge in [-0.1, -0.05) is 53.3 Å². The first-order valence-corrected chi connectivity index (χ1v) is 13.1. The molecule has 1 aliphatic rings. The second-order valence-electron chi connectivity index (χ2n) is 8.27. The van der Waals surface area contributed by atoms with Crippen molar-refractivity contribution in [3.05, 3.63) is 81.1 Å². The van der Waals surface area contributed by atoms with Gasteiger partial charge in [0, 0.05) is 5.69 Å². The van der Waals surface area contributed by atoms with Crippen LogP contribution in [-0.4, -0.2) is 34.2 Å². The molecule has 192 valence electrons. The van der Waals surface area contributed by atoms with E-state index in [0.717, 1.165) is 16.8 Å². The molecular weight excluding hydrogens is 532 g/mol. The van der Waals surface area contributed by atoms with Crippen LogP contribution < -0.4 is 14.8 Å². The predicted molar refractivity (Wildman–Crippen MR) is 150 cm³/mol. The summed E-state index contributed by atoms with van der Waals surface area (Å²) in [6.45, 7) is 6.12. The number of amides is 2. The molecule has 1 N–H and O–H groups in total. The highest BCUT2D eigenvalue weighted by Gasteiger charge is 2.32. The number of aryl methyl sites for hydroxylation is 2. The summed E-state index contributed by atoms with van der Waals surface area (Å²) in [5.74, 6) is 0.717. The first kappa shape index (κ1) is 26.8. The molecule has 37 heavy (non-hydrogen) atoms. The van der Waals surface area contributed by atoms with Gasteiger partial charge in [0.2, 0.25) is 0 Å². The summed E-state index contributed by atoms with van der Waals surface area (Å²) in [6.07, 6.45) is 3.25. The monoisotopic (exact) mass is 556 g/mol. The Kier molecular flexibility index (Phi) is 8.58. The zero-order valence-electron chi connectivity index (χ0n) is 20.5. The lowest BCUT2D eigenvalue weighted by molar-refractivity contribution is -0.122. The van der Waals surface area contributed by atoms with Gasteiger partial charge in [0.25, 0.3) is 11.8 Å². The number of thioether (sulfide) groups is 1. The topological polar surface area (TPSA) is 81.0 Å². The molecule has 10 heteroatoms. The maximum Gasteiger partial charge on any atom is 0.266 e. The number of carbonyl (C=O) groups is 2. The number of carbonyl (C=O) groups excluding carboxylic acids is 2. The van der Waals surface area contributed by atoms with E-state index in [0.29, 0.717) is 32.9 Å². The van der Waals surface area contributed by atoms with Crippen LogP contribution in [0.25, 0.3) is 6.08 Å². The van der Waals surface area contributed by atoms with Gasteiger partial charge in [-0.25, -0.2) is 0 Å². The molecule has 3 aromatic rings. The standard InChI is InChI=1S/C27H25ClN2O5S2/c1-4-33-22-12-18(13-23-26(32)30(27(36)37-23)14-19-6-5-9-34-19)11-20(28)25(22)35-15-24(31)29-21-8-7-16(2)10-17(21)3/h5-13H,4,14-15H2,1-3H3,(H,29,31)/b23-13-. The lowest BCUT2D eigenvalue weighted by Gasteiger charge is -2.15. The van der Waals surface area contributed by atoms with Gasteiger partial charge in [-0.2, -0.15) is 0 Å². The third-order valence-corrected chi connectivity index (χ3v) is 7.06. The second-order valence-corrected chi connectivity index (χ2v) is 10.3. The molecule has 0 radical (unpaired) electrons. The van der Waals surface area contributed by atoms with E-state index in [1.807, 2.05) is 39.0 Å². The summed E-state index contributed by atoms with van der Waals surface area (Å²) in [4.78, 5) is 27.4. The molecule has 2 heterocycles. The fourth-order valence-corrected chi connectivity index (χ4v) is 5.23. The van der Waals surface area contributed by atoms with Crippen LogP contribution in [0.1, 0.15) is 29.4 Å². The van der Waals surface area contributed by atoms with Crippen molar-refractivity contribution in [3.63, 3.8) is 0 Å². The molecule has 4 rings (SSSR count). The molecule has 0 spiro atoms. The van der Waals surface area contributed by atoms with Crippen molar-refractivity contribution in [2.45, 2.75) is 27.3 Å². The Labute approximate surface area is 229 Å². The van der Waals surface area contributed by atoms with E-state index in [1.54, 1.807) is 36.6 Å². The van der Waals surface area contributed by atoms with Crippen LogP contribution in [0.5, 0.6) is 11.5 Å². The lowest BCUT2D eigenvalue weighted by Crippen LogP contribution is -2.27. The zero-order chi connectivity index (χ0) is 26.5. The number of hydrogen-bond acceptors (Lipinski definition) is 7. The minimum Gasteiger partial charge on any atom is -0.490 e. The molecule has 2 aromatic carbocycles. The van der Waals surface area contributed by atoms with E-state index in [1.165, 1.54) is 16.7 Å². The number of anilines is 1. The fourth-order valence-electron chi connectivity index (χ4n) is 3.70. The Morgan fingerprint density at radius 2 is 2.03 bits per heavy atom. The smallest absolute Gasteiger partial charge is 0.266 e. The number of halogens is 1. The number of ether oxygens (including phenoxy) is 2. The van der Waals surface area contributed by atoms with Gasteiger partial charge in [0.1, 0.15) is 10.1 Å². The molecule has 1 fully saturated rings. The molecule has 1 saturated heterocycles.